The van der Waals surface area contributed by atoms with Crippen LogP contribution in [-0.4, -0.2) is 16.4 Å². The predicted octanol–water partition coefficient (Wildman–Crippen LogP) is 2.51. The van der Waals surface area contributed by atoms with E-state index >= 15 is 0 Å². The second kappa shape index (κ2) is 3.82. The molecule has 2 aromatic rings. The van der Waals surface area contributed by atoms with Crippen LogP contribution < -0.4 is 0 Å². The molecule has 0 saturated heterocycles. The van der Waals surface area contributed by atoms with Gasteiger partial charge in [-0.2, -0.15) is 4.98 Å². The smallest absolute Gasteiger partial charge is 0.214 e. The van der Waals surface area contributed by atoms with Gasteiger partial charge in [0.1, 0.15) is 6.29 Å². The number of aryl methyl sites for hydroxylation is 1. The zero-order valence-electron chi connectivity index (χ0n) is 7.90. The van der Waals surface area contributed by atoms with Crippen molar-refractivity contribution in [2.24, 2.45) is 0 Å². The van der Waals surface area contributed by atoms with Gasteiger partial charge in [0, 0.05) is 11.1 Å². The molecule has 0 bridgehead atoms. The third kappa shape index (κ3) is 1.76. The highest BCUT2D eigenvalue weighted by Crippen LogP contribution is 2.29. The number of hydrogen-bond acceptors (Lipinski definition) is 4. The predicted molar refractivity (Wildman–Crippen MR) is 54.9 cm³/mol. The first-order valence-corrected chi connectivity index (χ1v) is 4.62. The number of aldehydes is 1. The standard InChI is InChI=1S/C10H7ClN2O2/c1-6-2-7(4-14)3-8(11)9(6)10-12-5-15-13-10/h2-5H,1H3. The summed E-state index contributed by atoms with van der Waals surface area (Å²) in [7, 11) is 0. The maximum atomic E-state index is 10.6. The lowest BCUT2D eigenvalue weighted by molar-refractivity contribution is 0.112. The number of carbonyl (C=O) groups excluding carboxylic acids is 1. The van der Waals surface area contributed by atoms with Gasteiger partial charge in [0.15, 0.2) is 0 Å². The van der Waals surface area contributed by atoms with Crippen LogP contribution >= 0.6 is 11.6 Å². The number of aromatic nitrogens is 2. The molecular weight excluding hydrogens is 216 g/mol. The lowest BCUT2D eigenvalue weighted by Gasteiger charge is -2.04. The minimum Gasteiger partial charge on any atom is -0.342 e. The van der Waals surface area contributed by atoms with Crippen LogP contribution in [0.4, 0.5) is 0 Å². The third-order valence-electron chi connectivity index (χ3n) is 2.03. The van der Waals surface area contributed by atoms with Crippen molar-refractivity contribution in [2.45, 2.75) is 6.92 Å². The number of carbonyl (C=O) groups is 1. The zero-order valence-corrected chi connectivity index (χ0v) is 8.65. The van der Waals surface area contributed by atoms with E-state index in [1.807, 2.05) is 6.92 Å². The van der Waals surface area contributed by atoms with Gasteiger partial charge < -0.3 is 4.52 Å². The minimum atomic E-state index is 0.426. The number of nitrogens with zero attached hydrogens (tertiary/aromatic N) is 2. The topological polar surface area (TPSA) is 56.0 Å². The summed E-state index contributed by atoms with van der Waals surface area (Å²) in [5, 5.41) is 4.15. The summed E-state index contributed by atoms with van der Waals surface area (Å²) >= 11 is 6.02. The summed E-state index contributed by atoms with van der Waals surface area (Å²) in [6.45, 7) is 1.84. The van der Waals surface area contributed by atoms with Crippen LogP contribution in [0.25, 0.3) is 11.4 Å². The number of benzene rings is 1. The van der Waals surface area contributed by atoms with Crippen molar-refractivity contribution in [1.29, 1.82) is 0 Å². The molecule has 0 spiro atoms. The van der Waals surface area contributed by atoms with E-state index in [9.17, 15) is 4.79 Å². The number of halogens is 1. The van der Waals surface area contributed by atoms with E-state index in [0.717, 1.165) is 11.8 Å². The van der Waals surface area contributed by atoms with Crippen LogP contribution in [-0.2, 0) is 0 Å². The Balaban J connectivity index is 2.63. The SMILES string of the molecule is Cc1cc(C=O)cc(Cl)c1-c1ncon1. The Morgan fingerprint density at radius 1 is 1.47 bits per heavy atom. The monoisotopic (exact) mass is 222 g/mol. The lowest BCUT2D eigenvalue weighted by atomic mass is 10.1. The Morgan fingerprint density at radius 2 is 2.27 bits per heavy atom. The fourth-order valence-electron chi connectivity index (χ4n) is 1.40. The largest absolute Gasteiger partial charge is 0.342 e. The molecule has 5 heteroatoms. The highest BCUT2D eigenvalue weighted by molar-refractivity contribution is 6.33. The molecule has 0 aliphatic carbocycles. The Labute approximate surface area is 90.9 Å². The van der Waals surface area contributed by atoms with E-state index in [1.165, 1.54) is 6.39 Å². The highest BCUT2D eigenvalue weighted by Gasteiger charge is 2.12. The average Bonchev–Trinajstić information content (AvgIpc) is 2.69. The molecule has 0 radical (unpaired) electrons. The van der Waals surface area contributed by atoms with Crippen LogP contribution in [0.2, 0.25) is 5.02 Å². The van der Waals surface area contributed by atoms with Crippen molar-refractivity contribution in [3.8, 4) is 11.4 Å². The maximum Gasteiger partial charge on any atom is 0.214 e. The Kier molecular flexibility index (Phi) is 2.51. The Hall–Kier alpha value is -1.68. The first-order valence-electron chi connectivity index (χ1n) is 4.24. The molecule has 0 amide bonds. The molecule has 76 valence electrons. The molecule has 4 nitrogen and oxygen atoms in total. The minimum absolute atomic E-state index is 0.426. The van der Waals surface area contributed by atoms with Crippen molar-refractivity contribution >= 4 is 17.9 Å². The van der Waals surface area contributed by atoms with Crippen molar-refractivity contribution in [1.82, 2.24) is 10.1 Å². The summed E-state index contributed by atoms with van der Waals surface area (Å²) in [5.41, 5.74) is 2.06. The molecule has 0 unspecified atom stereocenters. The average molecular weight is 223 g/mol. The lowest BCUT2D eigenvalue weighted by Crippen LogP contribution is -1.90. The maximum absolute atomic E-state index is 10.6. The van der Waals surface area contributed by atoms with Crippen LogP contribution in [0.1, 0.15) is 15.9 Å². The molecule has 0 aliphatic rings. The summed E-state index contributed by atoms with van der Waals surface area (Å²) in [6, 6.07) is 3.30. The quantitative estimate of drug-likeness (QED) is 0.733. The molecule has 0 saturated carbocycles. The summed E-state index contributed by atoms with van der Waals surface area (Å²) in [4.78, 5) is 14.5. The van der Waals surface area contributed by atoms with E-state index in [4.69, 9.17) is 11.6 Å². The van der Waals surface area contributed by atoms with Gasteiger partial charge in [0.2, 0.25) is 12.2 Å². The van der Waals surface area contributed by atoms with Crippen LogP contribution in [0.15, 0.2) is 23.0 Å². The van der Waals surface area contributed by atoms with Crippen molar-refractivity contribution in [3.05, 3.63) is 34.7 Å². The van der Waals surface area contributed by atoms with Gasteiger partial charge >= 0.3 is 0 Å². The second-order valence-electron chi connectivity index (χ2n) is 3.07. The van der Waals surface area contributed by atoms with Crippen molar-refractivity contribution in [2.75, 3.05) is 0 Å². The van der Waals surface area contributed by atoms with Gasteiger partial charge in [0.05, 0.1) is 5.02 Å². The first kappa shape index (κ1) is 9.86. The van der Waals surface area contributed by atoms with Gasteiger partial charge in [-0.25, -0.2) is 0 Å². The number of rotatable bonds is 2. The zero-order chi connectivity index (χ0) is 10.8. The van der Waals surface area contributed by atoms with Crippen LogP contribution in [0.3, 0.4) is 0 Å². The van der Waals surface area contributed by atoms with Crippen LogP contribution in [0, 0.1) is 6.92 Å². The molecule has 15 heavy (non-hydrogen) atoms. The first-order chi connectivity index (χ1) is 7.22. The van der Waals surface area contributed by atoms with Gasteiger partial charge in [-0.05, 0) is 24.6 Å². The van der Waals surface area contributed by atoms with E-state index in [2.05, 4.69) is 14.7 Å². The molecule has 0 atom stereocenters. The van der Waals surface area contributed by atoms with Gasteiger partial charge in [-0.3, -0.25) is 4.79 Å². The molecule has 1 aromatic carbocycles. The van der Waals surface area contributed by atoms with E-state index in [1.54, 1.807) is 12.1 Å². The summed E-state index contributed by atoms with van der Waals surface area (Å²) in [5.74, 6) is 0.426. The fraction of sp³-hybridized carbons (Fsp3) is 0.100. The molecule has 2 rings (SSSR count). The molecular formula is C10H7ClN2O2. The van der Waals surface area contributed by atoms with Crippen molar-refractivity contribution < 1.29 is 9.32 Å². The normalized spacial score (nSPS) is 10.3. The number of hydrogen-bond donors (Lipinski definition) is 0. The van der Waals surface area contributed by atoms with E-state index < -0.39 is 0 Å². The molecule has 0 N–H and O–H groups in total. The summed E-state index contributed by atoms with van der Waals surface area (Å²) in [6.07, 6.45) is 1.98. The van der Waals surface area contributed by atoms with Crippen LogP contribution in [0.5, 0.6) is 0 Å². The highest BCUT2D eigenvalue weighted by atomic mass is 35.5. The fourth-order valence-corrected chi connectivity index (χ4v) is 1.76. The van der Waals surface area contributed by atoms with E-state index in [-0.39, 0.29) is 0 Å². The van der Waals surface area contributed by atoms with Gasteiger partial charge in [-0.15, -0.1) is 0 Å². The molecule has 1 heterocycles. The molecule has 1 aromatic heterocycles. The van der Waals surface area contributed by atoms with E-state index in [0.29, 0.717) is 22.0 Å². The second-order valence-corrected chi connectivity index (χ2v) is 3.47. The van der Waals surface area contributed by atoms with Gasteiger partial charge in [-0.1, -0.05) is 16.8 Å². The summed E-state index contributed by atoms with van der Waals surface area (Å²) < 4.78 is 4.65. The van der Waals surface area contributed by atoms with Gasteiger partial charge in [0.25, 0.3) is 0 Å². The Morgan fingerprint density at radius 3 is 2.80 bits per heavy atom. The molecule has 0 aliphatic heterocycles. The Bertz CT molecular complexity index is 471. The molecule has 0 fully saturated rings. The third-order valence-corrected chi connectivity index (χ3v) is 2.33. The van der Waals surface area contributed by atoms with Crippen molar-refractivity contribution in [3.63, 3.8) is 0 Å².